The largest absolute Gasteiger partial charge is 0.490 e. The van der Waals surface area contributed by atoms with Gasteiger partial charge in [-0.3, -0.25) is 4.98 Å². The lowest BCUT2D eigenvalue weighted by Gasteiger charge is -2.26. The van der Waals surface area contributed by atoms with Crippen molar-refractivity contribution in [3.8, 4) is 11.8 Å². The van der Waals surface area contributed by atoms with E-state index in [1.165, 1.54) is 0 Å². The molecule has 0 aliphatic rings. The molecule has 2 N–H and O–H groups in total. The van der Waals surface area contributed by atoms with Crippen LogP contribution in [0.5, 0.6) is 5.75 Å². The highest BCUT2D eigenvalue weighted by Crippen LogP contribution is 2.23. The van der Waals surface area contributed by atoms with Crippen LogP contribution < -0.4 is 10.5 Å². The van der Waals surface area contributed by atoms with Crippen molar-refractivity contribution >= 4 is 0 Å². The van der Waals surface area contributed by atoms with E-state index in [0.29, 0.717) is 23.6 Å². The van der Waals surface area contributed by atoms with Gasteiger partial charge in [0.05, 0.1) is 5.69 Å². The maximum absolute atomic E-state index is 9.13. The summed E-state index contributed by atoms with van der Waals surface area (Å²) in [7, 11) is 0. The highest BCUT2D eigenvalue weighted by molar-refractivity contribution is 5.46. The molecule has 4 heteroatoms. The van der Waals surface area contributed by atoms with Gasteiger partial charge in [0, 0.05) is 17.3 Å². The Hall–Kier alpha value is -1.60. The zero-order valence-corrected chi connectivity index (χ0v) is 11.6. The van der Waals surface area contributed by atoms with E-state index in [-0.39, 0.29) is 5.54 Å². The van der Waals surface area contributed by atoms with E-state index in [4.69, 9.17) is 15.7 Å². The Labute approximate surface area is 109 Å². The standard InChI is InChI=1S/C14H21N3O/c1-5-14(16,6-2)9-18-13-7-10(3)17-11(4)12(13)8-15/h7H,5-6,9,16H2,1-4H3. The molecule has 0 aliphatic heterocycles. The summed E-state index contributed by atoms with van der Waals surface area (Å²) in [5.41, 5.74) is 7.89. The van der Waals surface area contributed by atoms with Crippen LogP contribution in [0.3, 0.4) is 0 Å². The number of nitriles is 1. The zero-order valence-electron chi connectivity index (χ0n) is 11.6. The fourth-order valence-electron chi connectivity index (χ4n) is 1.72. The maximum Gasteiger partial charge on any atom is 0.140 e. The number of rotatable bonds is 5. The molecule has 0 amide bonds. The number of aryl methyl sites for hydroxylation is 2. The maximum atomic E-state index is 9.13. The van der Waals surface area contributed by atoms with Crippen molar-refractivity contribution in [2.45, 2.75) is 46.1 Å². The molecule has 4 nitrogen and oxygen atoms in total. The van der Waals surface area contributed by atoms with Crippen molar-refractivity contribution in [3.63, 3.8) is 0 Å². The monoisotopic (exact) mass is 247 g/mol. The van der Waals surface area contributed by atoms with E-state index in [2.05, 4.69) is 11.1 Å². The van der Waals surface area contributed by atoms with Gasteiger partial charge < -0.3 is 10.5 Å². The first kappa shape index (κ1) is 14.5. The van der Waals surface area contributed by atoms with Crippen LogP contribution in [0.25, 0.3) is 0 Å². The van der Waals surface area contributed by atoms with Crippen molar-refractivity contribution in [2.24, 2.45) is 5.73 Å². The number of aromatic nitrogens is 1. The number of hydrogen-bond donors (Lipinski definition) is 1. The second kappa shape index (κ2) is 5.83. The van der Waals surface area contributed by atoms with Crippen LogP contribution in [0.2, 0.25) is 0 Å². The van der Waals surface area contributed by atoms with Gasteiger partial charge in [-0.15, -0.1) is 0 Å². The topological polar surface area (TPSA) is 71.9 Å². The van der Waals surface area contributed by atoms with E-state index in [1.54, 1.807) is 6.07 Å². The fourth-order valence-corrected chi connectivity index (χ4v) is 1.72. The third kappa shape index (κ3) is 3.21. The molecule has 0 spiro atoms. The zero-order chi connectivity index (χ0) is 13.8. The Kier molecular flexibility index (Phi) is 4.69. The first-order valence-electron chi connectivity index (χ1n) is 6.25. The van der Waals surface area contributed by atoms with Gasteiger partial charge in [-0.25, -0.2) is 0 Å². The van der Waals surface area contributed by atoms with Crippen LogP contribution in [0.1, 0.15) is 43.6 Å². The minimum atomic E-state index is -0.336. The van der Waals surface area contributed by atoms with Gasteiger partial charge in [0.2, 0.25) is 0 Å². The third-order valence-corrected chi connectivity index (χ3v) is 3.33. The fraction of sp³-hybridized carbons (Fsp3) is 0.571. The molecular weight excluding hydrogens is 226 g/mol. The van der Waals surface area contributed by atoms with Crippen LogP contribution >= 0.6 is 0 Å². The highest BCUT2D eigenvalue weighted by Gasteiger charge is 2.22. The van der Waals surface area contributed by atoms with E-state index in [9.17, 15) is 0 Å². The average Bonchev–Trinajstić information content (AvgIpc) is 2.35. The van der Waals surface area contributed by atoms with Crippen molar-refractivity contribution < 1.29 is 4.74 Å². The minimum Gasteiger partial charge on any atom is -0.490 e. The number of ether oxygens (including phenoxy) is 1. The Morgan fingerprint density at radius 1 is 1.39 bits per heavy atom. The smallest absolute Gasteiger partial charge is 0.140 e. The summed E-state index contributed by atoms with van der Waals surface area (Å²) in [6.07, 6.45) is 1.68. The third-order valence-electron chi connectivity index (χ3n) is 3.33. The second-order valence-electron chi connectivity index (χ2n) is 4.69. The molecule has 1 aromatic rings. The van der Waals surface area contributed by atoms with E-state index >= 15 is 0 Å². The molecule has 18 heavy (non-hydrogen) atoms. The molecule has 1 aromatic heterocycles. The molecular formula is C14H21N3O. The molecule has 0 saturated heterocycles. The van der Waals surface area contributed by atoms with Crippen molar-refractivity contribution in [2.75, 3.05) is 6.61 Å². The lowest BCUT2D eigenvalue weighted by molar-refractivity contribution is 0.206. The molecule has 0 aromatic carbocycles. The van der Waals surface area contributed by atoms with Gasteiger partial charge in [0.1, 0.15) is 24.0 Å². The second-order valence-corrected chi connectivity index (χ2v) is 4.69. The summed E-state index contributed by atoms with van der Waals surface area (Å²) in [6, 6.07) is 3.92. The summed E-state index contributed by atoms with van der Waals surface area (Å²) < 4.78 is 5.75. The predicted octanol–water partition coefficient (Wildman–Crippen LogP) is 2.47. The van der Waals surface area contributed by atoms with Gasteiger partial charge in [-0.2, -0.15) is 5.26 Å². The Morgan fingerprint density at radius 3 is 2.50 bits per heavy atom. The van der Waals surface area contributed by atoms with Gasteiger partial charge in [-0.05, 0) is 26.7 Å². The molecule has 0 atom stereocenters. The highest BCUT2D eigenvalue weighted by atomic mass is 16.5. The van der Waals surface area contributed by atoms with E-state index in [0.717, 1.165) is 18.5 Å². The molecule has 1 rings (SSSR count). The quantitative estimate of drug-likeness (QED) is 0.867. The van der Waals surface area contributed by atoms with Gasteiger partial charge >= 0.3 is 0 Å². The van der Waals surface area contributed by atoms with Gasteiger partial charge in [-0.1, -0.05) is 13.8 Å². The summed E-state index contributed by atoms with van der Waals surface area (Å²) >= 11 is 0. The van der Waals surface area contributed by atoms with Crippen LogP contribution in [0.15, 0.2) is 6.07 Å². The molecule has 0 bridgehead atoms. The summed E-state index contributed by atoms with van der Waals surface area (Å²) in [5.74, 6) is 0.583. The average molecular weight is 247 g/mol. The first-order chi connectivity index (χ1) is 8.45. The summed E-state index contributed by atoms with van der Waals surface area (Å²) in [4.78, 5) is 4.26. The number of nitrogens with two attached hydrogens (primary N) is 1. The van der Waals surface area contributed by atoms with Crippen LogP contribution in [0, 0.1) is 25.2 Å². The van der Waals surface area contributed by atoms with E-state index < -0.39 is 0 Å². The minimum absolute atomic E-state index is 0.336. The SMILES string of the molecule is CCC(N)(CC)COc1cc(C)nc(C)c1C#N. The lowest BCUT2D eigenvalue weighted by Crippen LogP contribution is -2.44. The van der Waals surface area contributed by atoms with Crippen LogP contribution in [-0.4, -0.2) is 17.1 Å². The molecule has 0 saturated carbocycles. The summed E-state index contributed by atoms with van der Waals surface area (Å²) in [5, 5.41) is 9.13. The number of pyridine rings is 1. The number of nitrogens with zero attached hydrogens (tertiary/aromatic N) is 2. The van der Waals surface area contributed by atoms with Crippen LogP contribution in [-0.2, 0) is 0 Å². The predicted molar refractivity (Wildman–Crippen MR) is 71.4 cm³/mol. The van der Waals surface area contributed by atoms with Gasteiger partial charge in [0.25, 0.3) is 0 Å². The Bertz CT molecular complexity index is 459. The van der Waals surface area contributed by atoms with Crippen LogP contribution in [0.4, 0.5) is 0 Å². The van der Waals surface area contributed by atoms with Crippen molar-refractivity contribution in [1.82, 2.24) is 4.98 Å². The normalized spacial score (nSPS) is 11.1. The van der Waals surface area contributed by atoms with Gasteiger partial charge in [0.15, 0.2) is 0 Å². The Balaban J connectivity index is 2.95. The Morgan fingerprint density at radius 2 is 2.00 bits per heavy atom. The number of hydrogen-bond acceptors (Lipinski definition) is 4. The first-order valence-corrected chi connectivity index (χ1v) is 6.25. The molecule has 0 radical (unpaired) electrons. The van der Waals surface area contributed by atoms with Crippen molar-refractivity contribution in [1.29, 1.82) is 5.26 Å². The molecule has 0 unspecified atom stereocenters. The molecule has 1 heterocycles. The molecule has 0 fully saturated rings. The van der Waals surface area contributed by atoms with E-state index in [1.807, 2.05) is 27.7 Å². The molecule has 98 valence electrons. The summed E-state index contributed by atoms with van der Waals surface area (Å²) in [6.45, 7) is 8.20. The van der Waals surface area contributed by atoms with Crippen molar-refractivity contribution in [3.05, 3.63) is 23.0 Å². The molecule has 0 aliphatic carbocycles. The lowest BCUT2D eigenvalue weighted by atomic mass is 9.95.